The third kappa shape index (κ3) is 2.47. The molecule has 0 aliphatic carbocycles. The summed E-state index contributed by atoms with van der Waals surface area (Å²) in [7, 11) is 0. The fraction of sp³-hybridized carbons (Fsp3) is 0.0667. The van der Waals surface area contributed by atoms with Crippen molar-refractivity contribution in [1.29, 1.82) is 0 Å². The summed E-state index contributed by atoms with van der Waals surface area (Å²) in [5.41, 5.74) is 0.924. The van der Waals surface area contributed by atoms with Crippen molar-refractivity contribution in [2.24, 2.45) is 0 Å². The lowest BCUT2D eigenvalue weighted by atomic mass is 10.1. The van der Waals surface area contributed by atoms with Crippen LogP contribution < -0.4 is 5.32 Å². The van der Waals surface area contributed by atoms with Gasteiger partial charge in [0.2, 0.25) is 5.95 Å². The third-order valence-electron chi connectivity index (χ3n) is 3.03. The molecule has 0 fully saturated rings. The van der Waals surface area contributed by atoms with Gasteiger partial charge < -0.3 is 9.55 Å². The van der Waals surface area contributed by atoms with Crippen LogP contribution in [0.3, 0.4) is 0 Å². The molecule has 0 bridgehead atoms. The second-order valence-corrected chi connectivity index (χ2v) is 4.37. The van der Waals surface area contributed by atoms with Gasteiger partial charge in [0.1, 0.15) is 6.04 Å². The van der Waals surface area contributed by atoms with E-state index in [9.17, 15) is 4.79 Å². The van der Waals surface area contributed by atoms with E-state index in [1.807, 2.05) is 59.4 Å². The molecule has 20 heavy (non-hydrogen) atoms. The summed E-state index contributed by atoms with van der Waals surface area (Å²) < 4.78 is 1.87. The number of hydrogen-bond acceptors (Lipinski definition) is 2. The smallest absolute Gasteiger partial charge is 0.254 e. The topological polar surface area (TPSA) is 62.7 Å². The zero-order valence-corrected chi connectivity index (χ0v) is 10.7. The number of carbonyl (C=O) groups excluding carboxylic acids is 1. The van der Waals surface area contributed by atoms with Crippen LogP contribution in [0.4, 0.5) is 5.95 Å². The van der Waals surface area contributed by atoms with Gasteiger partial charge in [0, 0.05) is 24.8 Å². The van der Waals surface area contributed by atoms with Crippen molar-refractivity contribution >= 4 is 11.9 Å². The second-order valence-electron chi connectivity index (χ2n) is 4.37. The predicted molar refractivity (Wildman–Crippen MR) is 76.2 cm³/mol. The van der Waals surface area contributed by atoms with Crippen LogP contribution in [-0.4, -0.2) is 20.4 Å². The quantitative estimate of drug-likeness (QED) is 0.762. The Morgan fingerprint density at radius 3 is 2.55 bits per heavy atom. The average molecular weight is 266 g/mol. The van der Waals surface area contributed by atoms with Gasteiger partial charge in [-0.25, -0.2) is 4.98 Å². The van der Waals surface area contributed by atoms with Crippen LogP contribution in [-0.2, 0) is 4.79 Å². The van der Waals surface area contributed by atoms with Crippen LogP contribution >= 0.6 is 0 Å². The van der Waals surface area contributed by atoms with Crippen LogP contribution in [0.5, 0.6) is 0 Å². The van der Waals surface area contributed by atoms with Gasteiger partial charge in [-0.3, -0.25) is 10.1 Å². The van der Waals surface area contributed by atoms with Crippen LogP contribution in [0, 0.1) is 0 Å². The Bertz CT molecular complexity index is 659. The molecular weight excluding hydrogens is 252 g/mol. The van der Waals surface area contributed by atoms with Gasteiger partial charge in [-0.15, -0.1) is 0 Å². The van der Waals surface area contributed by atoms with Gasteiger partial charge in [-0.05, 0) is 17.7 Å². The lowest BCUT2D eigenvalue weighted by molar-refractivity contribution is -0.118. The van der Waals surface area contributed by atoms with Crippen molar-refractivity contribution in [2.75, 3.05) is 5.32 Å². The summed E-state index contributed by atoms with van der Waals surface area (Å²) in [6.45, 7) is 0. The first-order valence-corrected chi connectivity index (χ1v) is 6.32. The predicted octanol–water partition coefficient (Wildman–Crippen LogP) is 2.44. The number of amides is 1. The van der Waals surface area contributed by atoms with Crippen molar-refractivity contribution in [2.45, 2.75) is 6.04 Å². The molecule has 0 saturated heterocycles. The molecular formula is C15H14N4O. The van der Waals surface area contributed by atoms with E-state index in [1.165, 1.54) is 0 Å². The Balaban J connectivity index is 1.92. The van der Waals surface area contributed by atoms with E-state index in [0.717, 1.165) is 5.56 Å². The van der Waals surface area contributed by atoms with Crippen LogP contribution in [0.1, 0.15) is 11.6 Å². The molecule has 1 amide bonds. The van der Waals surface area contributed by atoms with Crippen molar-refractivity contribution in [1.82, 2.24) is 14.5 Å². The molecule has 2 N–H and O–H groups in total. The number of benzene rings is 1. The fourth-order valence-corrected chi connectivity index (χ4v) is 2.13. The number of nitrogens with zero attached hydrogens (tertiary/aromatic N) is 2. The van der Waals surface area contributed by atoms with E-state index >= 15 is 0 Å². The number of imidazole rings is 1. The Kier molecular flexibility index (Phi) is 3.33. The van der Waals surface area contributed by atoms with Gasteiger partial charge in [0.05, 0.1) is 0 Å². The molecule has 0 saturated carbocycles. The van der Waals surface area contributed by atoms with Crippen molar-refractivity contribution in [3.05, 3.63) is 72.8 Å². The molecule has 1 atom stereocenters. The number of anilines is 1. The zero-order chi connectivity index (χ0) is 13.8. The number of H-pyrrole nitrogens is 1. The molecule has 2 aromatic heterocycles. The Morgan fingerprint density at radius 1 is 1.15 bits per heavy atom. The fourth-order valence-electron chi connectivity index (χ4n) is 2.13. The van der Waals surface area contributed by atoms with E-state index in [4.69, 9.17) is 0 Å². The zero-order valence-electron chi connectivity index (χ0n) is 10.7. The van der Waals surface area contributed by atoms with E-state index in [-0.39, 0.29) is 5.91 Å². The highest BCUT2D eigenvalue weighted by Gasteiger charge is 2.22. The number of aromatic nitrogens is 3. The van der Waals surface area contributed by atoms with Crippen molar-refractivity contribution in [3.8, 4) is 0 Å². The Hall–Kier alpha value is -2.82. The van der Waals surface area contributed by atoms with E-state index in [0.29, 0.717) is 5.95 Å². The average Bonchev–Trinajstić information content (AvgIpc) is 3.14. The first kappa shape index (κ1) is 12.2. The van der Waals surface area contributed by atoms with E-state index < -0.39 is 6.04 Å². The largest absolute Gasteiger partial charge is 0.338 e. The minimum Gasteiger partial charge on any atom is -0.338 e. The molecule has 0 aliphatic rings. The third-order valence-corrected chi connectivity index (χ3v) is 3.03. The molecule has 0 unspecified atom stereocenters. The van der Waals surface area contributed by atoms with E-state index in [1.54, 1.807) is 12.4 Å². The first-order valence-electron chi connectivity index (χ1n) is 6.32. The summed E-state index contributed by atoms with van der Waals surface area (Å²) in [6, 6.07) is 13.0. The standard InChI is InChI=1S/C15H14N4O/c20-14(18-15-16-8-9-17-15)13(19-10-4-5-11-19)12-6-2-1-3-7-12/h1-11,13H,(H2,16,17,18,20)/t13-/m1/s1. The summed E-state index contributed by atoms with van der Waals surface area (Å²) in [4.78, 5) is 19.4. The summed E-state index contributed by atoms with van der Waals surface area (Å²) in [5.74, 6) is 0.311. The molecule has 2 heterocycles. The number of hydrogen-bond donors (Lipinski definition) is 2. The van der Waals surface area contributed by atoms with Crippen molar-refractivity contribution in [3.63, 3.8) is 0 Å². The summed E-state index contributed by atoms with van der Waals surface area (Å²) in [5, 5.41) is 2.78. The molecule has 1 aromatic carbocycles. The molecule has 0 radical (unpaired) electrons. The van der Waals surface area contributed by atoms with Gasteiger partial charge in [-0.1, -0.05) is 30.3 Å². The molecule has 0 spiro atoms. The maximum atomic E-state index is 12.5. The van der Waals surface area contributed by atoms with Gasteiger partial charge in [0.25, 0.3) is 5.91 Å². The van der Waals surface area contributed by atoms with E-state index in [2.05, 4.69) is 15.3 Å². The number of nitrogens with one attached hydrogen (secondary N) is 2. The van der Waals surface area contributed by atoms with Gasteiger partial charge in [0.15, 0.2) is 0 Å². The molecule has 3 aromatic rings. The minimum atomic E-state index is -0.420. The van der Waals surface area contributed by atoms with Crippen molar-refractivity contribution < 1.29 is 4.79 Å². The number of aromatic amines is 1. The highest BCUT2D eigenvalue weighted by atomic mass is 16.2. The minimum absolute atomic E-state index is 0.137. The molecule has 0 aliphatic heterocycles. The summed E-state index contributed by atoms with van der Waals surface area (Å²) >= 11 is 0. The Labute approximate surface area is 116 Å². The molecule has 5 nitrogen and oxygen atoms in total. The first-order chi connectivity index (χ1) is 9.84. The normalized spacial score (nSPS) is 12.0. The van der Waals surface area contributed by atoms with Crippen LogP contribution in [0.2, 0.25) is 0 Å². The second kappa shape index (κ2) is 5.44. The number of rotatable bonds is 4. The Morgan fingerprint density at radius 2 is 1.90 bits per heavy atom. The maximum absolute atomic E-state index is 12.5. The highest BCUT2D eigenvalue weighted by Crippen LogP contribution is 2.20. The molecule has 5 heteroatoms. The highest BCUT2D eigenvalue weighted by molar-refractivity contribution is 5.94. The van der Waals surface area contributed by atoms with Gasteiger partial charge >= 0.3 is 0 Å². The van der Waals surface area contributed by atoms with Crippen LogP contribution in [0.25, 0.3) is 0 Å². The van der Waals surface area contributed by atoms with Gasteiger partial charge in [-0.2, -0.15) is 0 Å². The lowest BCUT2D eigenvalue weighted by Crippen LogP contribution is -2.26. The number of carbonyl (C=O) groups is 1. The molecule has 3 rings (SSSR count). The SMILES string of the molecule is O=C(Nc1ncc[nH]1)[C@@H](c1ccccc1)n1cccc1. The summed E-state index contributed by atoms with van der Waals surface area (Å²) in [6.07, 6.45) is 7.02. The monoisotopic (exact) mass is 266 g/mol. The van der Waals surface area contributed by atoms with Crippen LogP contribution in [0.15, 0.2) is 67.3 Å². The lowest BCUT2D eigenvalue weighted by Gasteiger charge is -2.18. The maximum Gasteiger partial charge on any atom is 0.254 e. The molecule has 100 valence electrons.